The van der Waals surface area contributed by atoms with Gasteiger partial charge >= 0.3 is 6.61 Å². The van der Waals surface area contributed by atoms with Gasteiger partial charge in [-0.1, -0.05) is 12.1 Å². The van der Waals surface area contributed by atoms with E-state index in [0.29, 0.717) is 6.54 Å². The van der Waals surface area contributed by atoms with Crippen LogP contribution in [0, 0.1) is 0 Å². The maximum absolute atomic E-state index is 12.0. The van der Waals surface area contributed by atoms with Gasteiger partial charge in [0.1, 0.15) is 5.75 Å². The van der Waals surface area contributed by atoms with E-state index >= 15 is 0 Å². The Morgan fingerprint density at radius 2 is 1.79 bits per heavy atom. The molecule has 0 amide bonds. The van der Waals surface area contributed by atoms with Gasteiger partial charge in [-0.15, -0.1) is 0 Å². The summed E-state index contributed by atoms with van der Waals surface area (Å²) < 4.78 is 28.3. The maximum atomic E-state index is 12.0. The monoisotopic (exact) mass is 272 g/mol. The molecular formula is C14H22F2N2O. The molecule has 0 aliphatic heterocycles. The summed E-state index contributed by atoms with van der Waals surface area (Å²) in [6, 6.07) is 6.68. The fourth-order valence-corrected chi connectivity index (χ4v) is 1.46. The molecule has 5 heteroatoms. The van der Waals surface area contributed by atoms with Crippen molar-refractivity contribution in [3.63, 3.8) is 0 Å². The minimum absolute atomic E-state index is 0.0682. The van der Waals surface area contributed by atoms with E-state index in [1.807, 2.05) is 14.1 Å². The topological polar surface area (TPSA) is 24.5 Å². The molecule has 3 nitrogen and oxygen atoms in total. The Morgan fingerprint density at radius 1 is 1.21 bits per heavy atom. The SMILES string of the molecule is CN(C)C(C)(C)CNCc1ccc(OC(F)F)cc1. The van der Waals surface area contributed by atoms with E-state index in [-0.39, 0.29) is 11.3 Å². The highest BCUT2D eigenvalue weighted by Crippen LogP contribution is 2.15. The van der Waals surface area contributed by atoms with Gasteiger partial charge in [0, 0.05) is 18.6 Å². The Bertz CT molecular complexity index is 378. The van der Waals surface area contributed by atoms with Crippen LogP contribution in [0.3, 0.4) is 0 Å². The molecular weight excluding hydrogens is 250 g/mol. The summed E-state index contributed by atoms with van der Waals surface area (Å²) in [4.78, 5) is 2.15. The third-order valence-electron chi connectivity index (χ3n) is 3.25. The average molecular weight is 272 g/mol. The van der Waals surface area contributed by atoms with Crippen molar-refractivity contribution in [2.24, 2.45) is 0 Å². The van der Waals surface area contributed by atoms with Gasteiger partial charge in [0.25, 0.3) is 0 Å². The predicted octanol–water partition coefficient (Wildman–Crippen LogP) is 2.72. The number of nitrogens with zero attached hydrogens (tertiary/aromatic N) is 1. The molecule has 0 saturated carbocycles. The second-order valence-corrected chi connectivity index (χ2v) is 5.33. The second kappa shape index (κ2) is 6.82. The summed E-state index contributed by atoms with van der Waals surface area (Å²) in [6.45, 7) is 3.07. The fraction of sp³-hybridized carbons (Fsp3) is 0.571. The number of likely N-dealkylation sites (N-methyl/N-ethyl adjacent to an activating group) is 1. The molecule has 108 valence electrons. The standard InChI is InChI=1S/C14H22F2N2O/c1-14(2,18(3)4)10-17-9-11-5-7-12(8-6-11)19-13(15)16/h5-8,13,17H,9-10H2,1-4H3. The summed E-state index contributed by atoms with van der Waals surface area (Å²) in [5.74, 6) is 0.187. The zero-order chi connectivity index (χ0) is 14.5. The first-order chi connectivity index (χ1) is 8.81. The highest BCUT2D eigenvalue weighted by atomic mass is 19.3. The molecule has 0 spiro atoms. The summed E-state index contributed by atoms with van der Waals surface area (Å²) in [7, 11) is 4.08. The van der Waals surface area contributed by atoms with Gasteiger partial charge in [-0.25, -0.2) is 0 Å². The zero-order valence-corrected chi connectivity index (χ0v) is 11.9. The first-order valence-corrected chi connectivity index (χ1v) is 6.23. The number of hydrogen-bond acceptors (Lipinski definition) is 3. The van der Waals surface area contributed by atoms with Crippen molar-refractivity contribution in [2.45, 2.75) is 32.5 Å². The van der Waals surface area contributed by atoms with E-state index in [0.717, 1.165) is 12.1 Å². The largest absolute Gasteiger partial charge is 0.435 e. The predicted molar refractivity (Wildman–Crippen MR) is 72.5 cm³/mol. The number of halogens is 2. The average Bonchev–Trinajstić information content (AvgIpc) is 2.30. The van der Waals surface area contributed by atoms with Crippen LogP contribution in [0.4, 0.5) is 8.78 Å². The Kier molecular flexibility index (Phi) is 5.69. The van der Waals surface area contributed by atoms with Crippen molar-refractivity contribution in [3.8, 4) is 5.75 Å². The lowest BCUT2D eigenvalue weighted by atomic mass is 10.0. The van der Waals surface area contributed by atoms with Crippen molar-refractivity contribution in [1.29, 1.82) is 0 Å². The number of benzene rings is 1. The summed E-state index contributed by atoms with van der Waals surface area (Å²) in [5.41, 5.74) is 1.11. The van der Waals surface area contributed by atoms with E-state index in [4.69, 9.17) is 0 Å². The molecule has 0 atom stereocenters. The van der Waals surface area contributed by atoms with Crippen molar-refractivity contribution in [1.82, 2.24) is 10.2 Å². The Labute approximate surface area is 113 Å². The summed E-state index contributed by atoms with van der Waals surface area (Å²) in [6.07, 6.45) is 0. The molecule has 0 heterocycles. The van der Waals surface area contributed by atoms with Crippen LogP contribution in [0.15, 0.2) is 24.3 Å². The van der Waals surface area contributed by atoms with Gasteiger partial charge in [0.05, 0.1) is 0 Å². The van der Waals surface area contributed by atoms with Crippen molar-refractivity contribution < 1.29 is 13.5 Å². The number of alkyl halides is 2. The number of nitrogens with one attached hydrogen (secondary N) is 1. The molecule has 0 aromatic heterocycles. The van der Waals surface area contributed by atoms with Gasteiger partial charge in [0.2, 0.25) is 0 Å². The molecule has 0 fully saturated rings. The molecule has 0 radical (unpaired) electrons. The Balaban J connectivity index is 2.42. The third-order valence-corrected chi connectivity index (χ3v) is 3.25. The van der Waals surface area contributed by atoms with E-state index in [1.54, 1.807) is 24.3 Å². The molecule has 0 aliphatic carbocycles. The van der Waals surface area contributed by atoms with Gasteiger partial charge in [-0.3, -0.25) is 0 Å². The van der Waals surface area contributed by atoms with Crippen LogP contribution in [0.25, 0.3) is 0 Å². The molecule has 0 aliphatic rings. The lowest BCUT2D eigenvalue weighted by Crippen LogP contribution is -2.46. The quantitative estimate of drug-likeness (QED) is 0.826. The molecule has 1 aromatic carbocycles. The van der Waals surface area contributed by atoms with Crippen LogP contribution >= 0.6 is 0 Å². The normalized spacial score (nSPS) is 12.2. The smallest absolute Gasteiger partial charge is 0.387 e. The first-order valence-electron chi connectivity index (χ1n) is 6.23. The second-order valence-electron chi connectivity index (χ2n) is 5.33. The van der Waals surface area contributed by atoms with Crippen molar-refractivity contribution >= 4 is 0 Å². The van der Waals surface area contributed by atoms with E-state index < -0.39 is 6.61 Å². The highest BCUT2D eigenvalue weighted by Gasteiger charge is 2.19. The van der Waals surface area contributed by atoms with Crippen LogP contribution in [-0.2, 0) is 6.54 Å². The van der Waals surface area contributed by atoms with Crippen LogP contribution in [-0.4, -0.2) is 37.7 Å². The van der Waals surface area contributed by atoms with Crippen LogP contribution in [0.2, 0.25) is 0 Å². The number of ether oxygens (including phenoxy) is 1. The molecule has 0 bridgehead atoms. The molecule has 0 unspecified atom stereocenters. The van der Waals surface area contributed by atoms with Crippen molar-refractivity contribution in [2.75, 3.05) is 20.6 Å². The minimum Gasteiger partial charge on any atom is -0.435 e. The molecule has 19 heavy (non-hydrogen) atoms. The first kappa shape index (κ1) is 15.9. The van der Waals surface area contributed by atoms with Crippen molar-refractivity contribution in [3.05, 3.63) is 29.8 Å². The van der Waals surface area contributed by atoms with E-state index in [9.17, 15) is 8.78 Å². The molecule has 1 aromatic rings. The van der Waals surface area contributed by atoms with Gasteiger partial charge in [-0.05, 0) is 45.6 Å². The number of rotatable bonds is 7. The third kappa shape index (κ3) is 5.53. The van der Waals surface area contributed by atoms with E-state index in [1.165, 1.54) is 0 Å². The van der Waals surface area contributed by atoms with Crippen LogP contribution < -0.4 is 10.1 Å². The Hall–Kier alpha value is -1.20. The molecule has 1 N–H and O–H groups in total. The van der Waals surface area contributed by atoms with Gasteiger partial charge in [0.15, 0.2) is 0 Å². The maximum Gasteiger partial charge on any atom is 0.387 e. The fourth-order valence-electron chi connectivity index (χ4n) is 1.46. The lowest BCUT2D eigenvalue weighted by molar-refractivity contribution is -0.0498. The zero-order valence-electron chi connectivity index (χ0n) is 11.9. The van der Waals surface area contributed by atoms with Gasteiger partial charge < -0.3 is 15.0 Å². The van der Waals surface area contributed by atoms with E-state index in [2.05, 4.69) is 28.8 Å². The molecule has 0 saturated heterocycles. The molecule has 1 rings (SSSR count). The Morgan fingerprint density at radius 3 is 2.26 bits per heavy atom. The summed E-state index contributed by atoms with van der Waals surface area (Å²) in [5, 5.41) is 3.35. The lowest BCUT2D eigenvalue weighted by Gasteiger charge is -2.32. The number of hydrogen-bond donors (Lipinski definition) is 1. The minimum atomic E-state index is -2.77. The van der Waals surface area contributed by atoms with Gasteiger partial charge in [-0.2, -0.15) is 8.78 Å². The highest BCUT2D eigenvalue weighted by molar-refractivity contribution is 5.27. The van der Waals surface area contributed by atoms with Crippen LogP contribution in [0.1, 0.15) is 19.4 Å². The van der Waals surface area contributed by atoms with Crippen LogP contribution in [0.5, 0.6) is 5.75 Å². The summed E-state index contributed by atoms with van der Waals surface area (Å²) >= 11 is 0.